The fraction of sp³-hybridized carbons (Fsp3) is 0.350. The lowest BCUT2D eigenvalue weighted by atomic mass is 9.99. The van der Waals surface area contributed by atoms with Crippen molar-refractivity contribution < 1.29 is 13.9 Å². The average molecular weight is 364 g/mol. The topological polar surface area (TPSA) is 84.2 Å². The first-order chi connectivity index (χ1) is 13.3. The smallest absolute Gasteiger partial charge is 0.274 e. The third-order valence-corrected chi connectivity index (χ3v) is 5.46. The van der Waals surface area contributed by atoms with Crippen molar-refractivity contribution in [3.05, 3.63) is 54.7 Å². The maximum atomic E-state index is 13.1. The van der Waals surface area contributed by atoms with Crippen LogP contribution in [0.15, 0.2) is 53.4 Å². The quantitative estimate of drug-likeness (QED) is 0.768. The van der Waals surface area contributed by atoms with Crippen LogP contribution in [0.25, 0.3) is 11.5 Å². The first kappa shape index (κ1) is 16.1. The average Bonchev–Trinajstić information content (AvgIpc) is 3.42. The van der Waals surface area contributed by atoms with Gasteiger partial charge in [-0.1, -0.05) is 0 Å². The largest absolute Gasteiger partial charge is 0.490 e. The Kier molecular flexibility index (Phi) is 3.92. The number of aromatic amines is 1. The van der Waals surface area contributed by atoms with Gasteiger partial charge < -0.3 is 14.1 Å². The molecule has 7 heteroatoms. The van der Waals surface area contributed by atoms with Gasteiger partial charge in [0.25, 0.3) is 5.91 Å². The molecule has 2 atom stereocenters. The van der Waals surface area contributed by atoms with Gasteiger partial charge in [0, 0.05) is 43.4 Å². The zero-order valence-corrected chi connectivity index (χ0v) is 14.7. The van der Waals surface area contributed by atoms with Crippen LogP contribution in [-0.2, 0) is 0 Å². The fourth-order valence-electron chi connectivity index (χ4n) is 4.29. The van der Waals surface area contributed by atoms with Gasteiger partial charge in [0.2, 0.25) is 0 Å². The molecule has 5 heterocycles. The molecule has 1 amide bonds. The van der Waals surface area contributed by atoms with E-state index >= 15 is 0 Å². The van der Waals surface area contributed by atoms with Gasteiger partial charge in [0.1, 0.15) is 17.5 Å². The first-order valence-electron chi connectivity index (χ1n) is 9.26. The molecule has 3 aromatic heterocycles. The van der Waals surface area contributed by atoms with E-state index in [2.05, 4.69) is 15.2 Å². The molecule has 5 rings (SSSR count). The number of amides is 1. The van der Waals surface area contributed by atoms with E-state index in [0.717, 1.165) is 31.4 Å². The standard InChI is InChI=1S/C20H20N4O3/c25-20(18-12-17(22-23-18)19-2-1-9-26-19)24-13-3-4-14(24)11-16(10-13)27-15-5-7-21-8-6-15/h1-2,5-9,12-14,16H,3-4,10-11H2,(H,22,23). The van der Waals surface area contributed by atoms with Crippen LogP contribution in [0.3, 0.4) is 0 Å². The minimum Gasteiger partial charge on any atom is -0.490 e. The molecule has 0 spiro atoms. The number of nitrogens with zero attached hydrogens (tertiary/aromatic N) is 3. The number of carbonyl (C=O) groups excluding carboxylic acids is 1. The molecule has 0 saturated carbocycles. The molecule has 138 valence electrons. The second kappa shape index (κ2) is 6.57. The van der Waals surface area contributed by atoms with Crippen LogP contribution in [0.4, 0.5) is 0 Å². The summed E-state index contributed by atoms with van der Waals surface area (Å²) in [5, 5.41) is 7.11. The summed E-state index contributed by atoms with van der Waals surface area (Å²) < 4.78 is 11.5. The van der Waals surface area contributed by atoms with Gasteiger partial charge in [-0.25, -0.2) is 0 Å². The van der Waals surface area contributed by atoms with Crippen LogP contribution in [0, 0.1) is 0 Å². The van der Waals surface area contributed by atoms with Crippen molar-refractivity contribution in [2.45, 2.75) is 43.9 Å². The molecule has 7 nitrogen and oxygen atoms in total. The van der Waals surface area contributed by atoms with E-state index in [9.17, 15) is 4.79 Å². The third-order valence-electron chi connectivity index (χ3n) is 5.46. The second-order valence-corrected chi connectivity index (χ2v) is 7.14. The summed E-state index contributed by atoms with van der Waals surface area (Å²) >= 11 is 0. The van der Waals surface area contributed by atoms with Gasteiger partial charge in [-0.2, -0.15) is 5.10 Å². The van der Waals surface area contributed by atoms with Crippen LogP contribution >= 0.6 is 0 Å². The van der Waals surface area contributed by atoms with E-state index in [-0.39, 0.29) is 24.1 Å². The highest BCUT2D eigenvalue weighted by Crippen LogP contribution is 2.38. The molecule has 3 aromatic rings. The number of fused-ring (bicyclic) bond motifs is 2. The number of aromatic nitrogens is 3. The van der Waals surface area contributed by atoms with Crippen molar-refractivity contribution >= 4 is 5.91 Å². The molecular weight excluding hydrogens is 344 g/mol. The van der Waals surface area contributed by atoms with Crippen LogP contribution in [-0.4, -0.2) is 44.2 Å². The molecule has 0 aromatic carbocycles. The number of H-pyrrole nitrogens is 1. The summed E-state index contributed by atoms with van der Waals surface area (Å²) in [5.74, 6) is 1.50. The summed E-state index contributed by atoms with van der Waals surface area (Å²) in [4.78, 5) is 19.1. The molecule has 27 heavy (non-hydrogen) atoms. The van der Waals surface area contributed by atoms with E-state index in [1.807, 2.05) is 29.2 Å². The van der Waals surface area contributed by atoms with Crippen LogP contribution in [0.1, 0.15) is 36.2 Å². The predicted octanol–water partition coefficient (Wildman–Crippen LogP) is 3.28. The highest BCUT2D eigenvalue weighted by Gasteiger charge is 2.44. The lowest BCUT2D eigenvalue weighted by Gasteiger charge is -2.38. The van der Waals surface area contributed by atoms with Gasteiger partial charge in [0.15, 0.2) is 11.5 Å². The number of pyridine rings is 1. The minimum absolute atomic E-state index is 0.0149. The molecule has 2 unspecified atom stereocenters. The van der Waals surface area contributed by atoms with Crippen molar-refractivity contribution in [2.75, 3.05) is 0 Å². The molecule has 2 aliphatic heterocycles. The van der Waals surface area contributed by atoms with E-state index < -0.39 is 0 Å². The molecular formula is C20H20N4O3. The Labute approximate surface area is 156 Å². The van der Waals surface area contributed by atoms with Crippen molar-refractivity contribution in [3.8, 4) is 17.2 Å². The Balaban J connectivity index is 1.30. The summed E-state index contributed by atoms with van der Waals surface area (Å²) in [6.45, 7) is 0. The van der Waals surface area contributed by atoms with Crippen molar-refractivity contribution in [2.24, 2.45) is 0 Å². The number of nitrogens with one attached hydrogen (secondary N) is 1. The SMILES string of the molecule is O=C(c1cc(-c2ccco2)[nH]n1)N1C2CCC1CC(Oc1ccncc1)C2. The summed E-state index contributed by atoms with van der Waals surface area (Å²) in [7, 11) is 0. The van der Waals surface area contributed by atoms with Gasteiger partial charge in [-0.05, 0) is 37.1 Å². The monoisotopic (exact) mass is 364 g/mol. The highest BCUT2D eigenvalue weighted by atomic mass is 16.5. The second-order valence-electron chi connectivity index (χ2n) is 7.14. The molecule has 2 aliphatic rings. The molecule has 1 N–H and O–H groups in total. The summed E-state index contributed by atoms with van der Waals surface area (Å²) in [6.07, 6.45) is 8.93. The summed E-state index contributed by atoms with van der Waals surface area (Å²) in [5.41, 5.74) is 1.15. The van der Waals surface area contributed by atoms with Gasteiger partial charge in [-0.15, -0.1) is 0 Å². The van der Waals surface area contributed by atoms with Crippen LogP contribution in [0.2, 0.25) is 0 Å². The number of hydrogen-bond acceptors (Lipinski definition) is 5. The van der Waals surface area contributed by atoms with Crippen LogP contribution < -0.4 is 4.74 Å². The normalized spacial score (nSPS) is 24.1. The zero-order chi connectivity index (χ0) is 18.2. The minimum atomic E-state index is -0.0149. The van der Waals surface area contributed by atoms with Crippen molar-refractivity contribution in [3.63, 3.8) is 0 Å². The molecule has 0 aliphatic carbocycles. The Morgan fingerprint density at radius 2 is 1.96 bits per heavy atom. The maximum Gasteiger partial charge on any atom is 0.274 e. The Morgan fingerprint density at radius 1 is 1.19 bits per heavy atom. The molecule has 2 bridgehead atoms. The van der Waals surface area contributed by atoms with Crippen molar-refractivity contribution in [1.29, 1.82) is 0 Å². The summed E-state index contributed by atoms with van der Waals surface area (Å²) in [6, 6.07) is 9.57. The molecule has 2 fully saturated rings. The number of furan rings is 1. The molecule has 2 saturated heterocycles. The lowest BCUT2D eigenvalue weighted by Crippen LogP contribution is -2.49. The van der Waals surface area contributed by atoms with Crippen LogP contribution in [0.5, 0.6) is 5.75 Å². The van der Waals surface area contributed by atoms with E-state index in [0.29, 0.717) is 17.1 Å². The zero-order valence-electron chi connectivity index (χ0n) is 14.7. The molecule has 0 radical (unpaired) electrons. The third kappa shape index (κ3) is 2.99. The van der Waals surface area contributed by atoms with Gasteiger partial charge in [0.05, 0.1) is 6.26 Å². The van der Waals surface area contributed by atoms with Gasteiger partial charge in [-0.3, -0.25) is 14.9 Å². The predicted molar refractivity (Wildman–Crippen MR) is 97.2 cm³/mol. The Morgan fingerprint density at radius 3 is 2.67 bits per heavy atom. The Bertz CT molecular complexity index is 908. The highest BCUT2D eigenvalue weighted by molar-refractivity contribution is 5.94. The Hall–Kier alpha value is -3.09. The number of piperidine rings is 1. The van der Waals surface area contributed by atoms with E-state index in [4.69, 9.17) is 9.15 Å². The van der Waals surface area contributed by atoms with Crippen molar-refractivity contribution in [1.82, 2.24) is 20.1 Å². The first-order valence-corrected chi connectivity index (χ1v) is 9.26. The number of carbonyl (C=O) groups is 1. The maximum absolute atomic E-state index is 13.1. The van der Waals surface area contributed by atoms with E-state index in [1.165, 1.54) is 0 Å². The number of hydrogen-bond donors (Lipinski definition) is 1. The van der Waals surface area contributed by atoms with Gasteiger partial charge >= 0.3 is 0 Å². The number of ether oxygens (including phenoxy) is 1. The number of rotatable bonds is 4. The lowest BCUT2D eigenvalue weighted by molar-refractivity contribution is 0.0354. The van der Waals surface area contributed by atoms with E-state index in [1.54, 1.807) is 24.7 Å². The fourth-order valence-corrected chi connectivity index (χ4v) is 4.29.